The number of hydrogen-bond donors (Lipinski definition) is 0. The van der Waals surface area contributed by atoms with Crippen LogP contribution < -0.4 is 0 Å². The first-order chi connectivity index (χ1) is 7.19. The molecular formula is C11H16O4. The molecule has 0 N–H and O–H groups in total. The van der Waals surface area contributed by atoms with Gasteiger partial charge in [-0.3, -0.25) is 4.79 Å². The lowest BCUT2D eigenvalue weighted by atomic mass is 10.3. The van der Waals surface area contributed by atoms with E-state index in [4.69, 9.17) is 9.47 Å². The highest BCUT2D eigenvalue weighted by Gasteiger charge is 2.42. The summed E-state index contributed by atoms with van der Waals surface area (Å²) in [5.74, 6) is -0.438. The van der Waals surface area contributed by atoms with E-state index in [9.17, 15) is 9.59 Å². The minimum Gasteiger partial charge on any atom is -0.466 e. The first-order valence-electron chi connectivity index (χ1n) is 5.20. The quantitative estimate of drug-likeness (QED) is 0.509. The Morgan fingerprint density at radius 1 is 1.27 bits per heavy atom. The monoisotopic (exact) mass is 212 g/mol. The number of hydrogen-bond acceptors (Lipinski definition) is 4. The third-order valence-corrected chi connectivity index (χ3v) is 2.20. The van der Waals surface area contributed by atoms with Crippen LogP contribution in [0.25, 0.3) is 0 Å². The Morgan fingerprint density at radius 2 is 1.93 bits per heavy atom. The molecule has 0 heterocycles. The van der Waals surface area contributed by atoms with Gasteiger partial charge in [0, 0.05) is 6.08 Å². The summed E-state index contributed by atoms with van der Waals surface area (Å²) in [6.07, 6.45) is 3.88. The van der Waals surface area contributed by atoms with Gasteiger partial charge in [-0.05, 0) is 26.2 Å². The largest absolute Gasteiger partial charge is 0.466 e. The zero-order valence-corrected chi connectivity index (χ0v) is 9.06. The Bertz CT molecular complexity index is 270. The Hall–Kier alpha value is -1.32. The molecule has 0 saturated heterocycles. The first kappa shape index (κ1) is 11.8. The number of ether oxygens (including phenoxy) is 2. The van der Waals surface area contributed by atoms with Crippen LogP contribution in [0.3, 0.4) is 0 Å². The van der Waals surface area contributed by atoms with Crippen molar-refractivity contribution in [2.45, 2.75) is 20.3 Å². The SMILES string of the molecule is CCOC(=O)C=C[C@H]1C[C@@H]1C(=O)OCC. The zero-order chi connectivity index (χ0) is 11.3. The average Bonchev–Trinajstić information content (AvgIpc) is 2.95. The van der Waals surface area contributed by atoms with Crippen molar-refractivity contribution in [1.82, 2.24) is 0 Å². The van der Waals surface area contributed by atoms with Crippen molar-refractivity contribution in [1.29, 1.82) is 0 Å². The van der Waals surface area contributed by atoms with E-state index >= 15 is 0 Å². The van der Waals surface area contributed by atoms with Gasteiger partial charge >= 0.3 is 11.9 Å². The lowest BCUT2D eigenvalue weighted by Crippen LogP contribution is -2.07. The van der Waals surface area contributed by atoms with Crippen LogP contribution in [0.5, 0.6) is 0 Å². The first-order valence-corrected chi connectivity index (χ1v) is 5.20. The molecule has 2 atom stereocenters. The fraction of sp³-hybridized carbons (Fsp3) is 0.636. The molecule has 0 bridgehead atoms. The molecular weight excluding hydrogens is 196 g/mol. The van der Waals surface area contributed by atoms with Crippen LogP contribution in [-0.2, 0) is 19.1 Å². The highest BCUT2D eigenvalue weighted by atomic mass is 16.5. The average molecular weight is 212 g/mol. The van der Waals surface area contributed by atoms with Crippen LogP contribution >= 0.6 is 0 Å². The van der Waals surface area contributed by atoms with Crippen molar-refractivity contribution in [3.8, 4) is 0 Å². The summed E-state index contributed by atoms with van der Waals surface area (Å²) in [5.41, 5.74) is 0. The van der Waals surface area contributed by atoms with Gasteiger partial charge in [0.15, 0.2) is 0 Å². The van der Waals surface area contributed by atoms with Crippen LogP contribution in [0.4, 0.5) is 0 Å². The maximum atomic E-state index is 11.2. The summed E-state index contributed by atoms with van der Waals surface area (Å²) in [5, 5.41) is 0. The molecule has 4 heteroatoms. The van der Waals surface area contributed by atoms with Gasteiger partial charge in [0.05, 0.1) is 19.1 Å². The topological polar surface area (TPSA) is 52.6 Å². The molecule has 0 aliphatic heterocycles. The third-order valence-electron chi connectivity index (χ3n) is 2.20. The summed E-state index contributed by atoms with van der Waals surface area (Å²) < 4.78 is 9.58. The van der Waals surface area contributed by atoms with Crippen LogP contribution in [0.15, 0.2) is 12.2 Å². The van der Waals surface area contributed by atoms with E-state index < -0.39 is 0 Å². The minimum atomic E-state index is -0.355. The van der Waals surface area contributed by atoms with E-state index in [1.807, 2.05) is 0 Å². The molecule has 0 spiro atoms. The molecule has 0 amide bonds. The van der Waals surface area contributed by atoms with Crippen molar-refractivity contribution in [3.63, 3.8) is 0 Å². The van der Waals surface area contributed by atoms with E-state index in [2.05, 4.69) is 0 Å². The second-order valence-corrected chi connectivity index (χ2v) is 3.37. The fourth-order valence-corrected chi connectivity index (χ4v) is 1.34. The normalized spacial score (nSPS) is 23.9. The van der Waals surface area contributed by atoms with E-state index in [1.54, 1.807) is 19.9 Å². The van der Waals surface area contributed by atoms with Crippen LogP contribution in [-0.4, -0.2) is 25.2 Å². The molecule has 0 unspecified atom stereocenters. The zero-order valence-electron chi connectivity index (χ0n) is 9.06. The molecule has 15 heavy (non-hydrogen) atoms. The van der Waals surface area contributed by atoms with Gasteiger partial charge in [-0.2, -0.15) is 0 Å². The summed E-state index contributed by atoms with van der Waals surface area (Å²) >= 11 is 0. The second kappa shape index (κ2) is 5.53. The molecule has 0 aromatic rings. The van der Waals surface area contributed by atoms with E-state index in [1.165, 1.54) is 6.08 Å². The van der Waals surface area contributed by atoms with Crippen molar-refractivity contribution in [3.05, 3.63) is 12.2 Å². The van der Waals surface area contributed by atoms with Gasteiger partial charge in [-0.15, -0.1) is 0 Å². The van der Waals surface area contributed by atoms with Gasteiger partial charge in [0.2, 0.25) is 0 Å². The van der Waals surface area contributed by atoms with Crippen LogP contribution in [0.2, 0.25) is 0 Å². The Balaban J connectivity index is 2.26. The molecule has 1 saturated carbocycles. The number of esters is 2. The second-order valence-electron chi connectivity index (χ2n) is 3.37. The molecule has 84 valence electrons. The molecule has 1 rings (SSSR count). The third kappa shape index (κ3) is 3.73. The van der Waals surface area contributed by atoms with Crippen molar-refractivity contribution >= 4 is 11.9 Å². The Labute approximate surface area is 89.2 Å². The Morgan fingerprint density at radius 3 is 2.53 bits per heavy atom. The fourth-order valence-electron chi connectivity index (χ4n) is 1.34. The van der Waals surface area contributed by atoms with Gasteiger partial charge in [0.25, 0.3) is 0 Å². The molecule has 0 aromatic carbocycles. The smallest absolute Gasteiger partial charge is 0.330 e. The van der Waals surface area contributed by atoms with Crippen molar-refractivity contribution < 1.29 is 19.1 Å². The molecule has 1 aliphatic carbocycles. The summed E-state index contributed by atoms with van der Waals surface area (Å²) in [6.45, 7) is 4.31. The number of rotatable bonds is 5. The number of allylic oxidation sites excluding steroid dienone is 1. The minimum absolute atomic E-state index is 0.0596. The van der Waals surface area contributed by atoms with Crippen molar-refractivity contribution in [2.75, 3.05) is 13.2 Å². The summed E-state index contributed by atoms with van der Waals surface area (Å²) in [4.78, 5) is 22.2. The van der Waals surface area contributed by atoms with E-state index in [0.717, 1.165) is 6.42 Å². The van der Waals surface area contributed by atoms with Crippen LogP contribution in [0.1, 0.15) is 20.3 Å². The number of carbonyl (C=O) groups is 2. The van der Waals surface area contributed by atoms with E-state index in [-0.39, 0.29) is 23.8 Å². The van der Waals surface area contributed by atoms with Gasteiger partial charge in [-0.25, -0.2) is 4.79 Å². The maximum Gasteiger partial charge on any atom is 0.330 e. The predicted octanol–water partition coefficient (Wildman–Crippen LogP) is 1.30. The molecule has 1 fully saturated rings. The van der Waals surface area contributed by atoms with E-state index in [0.29, 0.717) is 13.2 Å². The van der Waals surface area contributed by atoms with Gasteiger partial charge in [0.1, 0.15) is 0 Å². The molecule has 1 aliphatic rings. The lowest BCUT2D eigenvalue weighted by molar-refractivity contribution is -0.145. The lowest BCUT2D eigenvalue weighted by Gasteiger charge is -1.98. The summed E-state index contributed by atoms with van der Waals surface area (Å²) in [6, 6.07) is 0. The van der Waals surface area contributed by atoms with Crippen LogP contribution in [0, 0.1) is 11.8 Å². The highest BCUT2D eigenvalue weighted by Crippen LogP contribution is 2.40. The molecule has 0 radical (unpaired) electrons. The standard InChI is InChI=1S/C11H16O4/c1-3-14-10(12)6-5-8-7-9(8)11(13)15-4-2/h5-6,8-9H,3-4,7H2,1-2H3/t8-,9-/m0/s1. The van der Waals surface area contributed by atoms with Gasteiger partial charge in [-0.1, -0.05) is 6.08 Å². The van der Waals surface area contributed by atoms with Gasteiger partial charge < -0.3 is 9.47 Å². The summed E-state index contributed by atoms with van der Waals surface area (Å²) in [7, 11) is 0. The van der Waals surface area contributed by atoms with Crippen molar-refractivity contribution in [2.24, 2.45) is 11.8 Å². The highest BCUT2D eigenvalue weighted by molar-refractivity contribution is 5.82. The molecule has 4 nitrogen and oxygen atoms in total. The number of carbonyl (C=O) groups excluding carboxylic acids is 2. The maximum absolute atomic E-state index is 11.2. The Kier molecular flexibility index (Phi) is 4.34. The predicted molar refractivity (Wildman–Crippen MR) is 54.0 cm³/mol. The molecule has 0 aromatic heterocycles.